The van der Waals surface area contributed by atoms with Gasteiger partial charge in [0, 0.05) is 11.9 Å². The van der Waals surface area contributed by atoms with Gasteiger partial charge in [0.1, 0.15) is 5.82 Å². The predicted molar refractivity (Wildman–Crippen MR) is 68.1 cm³/mol. The molecule has 2 heterocycles. The average Bonchev–Trinajstić information content (AvgIpc) is 2.96. The molecule has 1 amide bonds. The van der Waals surface area contributed by atoms with Crippen LogP contribution < -0.4 is 5.32 Å². The van der Waals surface area contributed by atoms with Gasteiger partial charge in [-0.1, -0.05) is 13.0 Å². The lowest BCUT2D eigenvalue weighted by molar-refractivity contribution is 0.0938. The number of hydrogen-bond acceptors (Lipinski definition) is 3. The summed E-state index contributed by atoms with van der Waals surface area (Å²) in [5, 5.41) is 4.87. The van der Waals surface area contributed by atoms with E-state index in [9.17, 15) is 4.79 Å². The van der Waals surface area contributed by atoms with Gasteiger partial charge in [-0.25, -0.2) is 4.98 Å². The number of aryl methyl sites for hydroxylation is 1. The van der Waals surface area contributed by atoms with Crippen molar-refractivity contribution >= 4 is 17.2 Å². The lowest BCUT2D eigenvalue weighted by Crippen LogP contribution is -2.28. The number of carbonyl (C=O) groups is 1. The molecule has 5 heteroatoms. The standard InChI is InChI=1S/C12H15N3OS/c1-3-9(11-13-7-8(2)14-11)15-12(16)10-5-4-6-17-10/h4-7,9H,3H2,1-2H3,(H,13,14)(H,15,16)/t9-/m0/s1. The first-order valence-corrected chi connectivity index (χ1v) is 6.44. The molecule has 90 valence electrons. The summed E-state index contributed by atoms with van der Waals surface area (Å²) in [5.74, 6) is 0.774. The van der Waals surface area contributed by atoms with Crippen LogP contribution in [-0.4, -0.2) is 15.9 Å². The van der Waals surface area contributed by atoms with Crippen molar-refractivity contribution in [2.75, 3.05) is 0 Å². The molecule has 0 bridgehead atoms. The Kier molecular flexibility index (Phi) is 3.58. The zero-order valence-electron chi connectivity index (χ0n) is 9.86. The van der Waals surface area contributed by atoms with Crippen LogP contribution in [0.1, 0.15) is 40.6 Å². The molecule has 2 aromatic heterocycles. The molecule has 0 aliphatic rings. The van der Waals surface area contributed by atoms with E-state index in [2.05, 4.69) is 15.3 Å². The molecule has 0 saturated carbocycles. The Labute approximate surface area is 104 Å². The second-order valence-electron chi connectivity index (χ2n) is 3.86. The van der Waals surface area contributed by atoms with Crippen LogP contribution in [0.25, 0.3) is 0 Å². The van der Waals surface area contributed by atoms with Crippen LogP contribution in [0.3, 0.4) is 0 Å². The minimum Gasteiger partial charge on any atom is -0.344 e. The molecule has 0 aliphatic heterocycles. The maximum Gasteiger partial charge on any atom is 0.261 e. The normalized spacial score (nSPS) is 12.4. The minimum absolute atomic E-state index is 0.0408. The number of carbonyl (C=O) groups excluding carboxylic acids is 1. The number of amides is 1. The maximum atomic E-state index is 11.9. The van der Waals surface area contributed by atoms with Crippen LogP contribution in [0.2, 0.25) is 0 Å². The third-order valence-corrected chi connectivity index (χ3v) is 3.38. The van der Waals surface area contributed by atoms with Crippen molar-refractivity contribution < 1.29 is 4.79 Å². The van der Waals surface area contributed by atoms with Gasteiger partial charge in [-0.05, 0) is 24.8 Å². The van der Waals surface area contributed by atoms with Crippen molar-refractivity contribution in [1.29, 1.82) is 0 Å². The number of nitrogens with one attached hydrogen (secondary N) is 2. The van der Waals surface area contributed by atoms with E-state index in [0.29, 0.717) is 0 Å². The summed E-state index contributed by atoms with van der Waals surface area (Å²) in [6.45, 7) is 3.97. The zero-order valence-corrected chi connectivity index (χ0v) is 10.7. The van der Waals surface area contributed by atoms with E-state index in [1.165, 1.54) is 11.3 Å². The van der Waals surface area contributed by atoms with Gasteiger partial charge in [-0.15, -0.1) is 11.3 Å². The fourth-order valence-corrected chi connectivity index (χ4v) is 2.24. The summed E-state index contributed by atoms with van der Waals surface area (Å²) in [6, 6.07) is 3.64. The SMILES string of the molecule is CC[C@H](NC(=O)c1cccs1)c1ncc(C)[nH]1. The van der Waals surface area contributed by atoms with E-state index in [4.69, 9.17) is 0 Å². The molecule has 4 nitrogen and oxygen atoms in total. The first kappa shape index (κ1) is 11.9. The molecule has 2 rings (SSSR count). The molecule has 0 spiro atoms. The molecule has 0 fully saturated rings. The van der Waals surface area contributed by atoms with Gasteiger partial charge in [0.15, 0.2) is 0 Å². The highest BCUT2D eigenvalue weighted by Crippen LogP contribution is 2.15. The average molecular weight is 249 g/mol. The Morgan fingerprint density at radius 2 is 2.47 bits per heavy atom. The van der Waals surface area contributed by atoms with E-state index in [-0.39, 0.29) is 11.9 Å². The first-order chi connectivity index (χ1) is 8.20. The number of hydrogen-bond donors (Lipinski definition) is 2. The molecule has 0 radical (unpaired) electrons. The van der Waals surface area contributed by atoms with E-state index in [1.54, 1.807) is 6.20 Å². The number of aromatic amines is 1. The smallest absolute Gasteiger partial charge is 0.261 e. The molecule has 0 aliphatic carbocycles. The lowest BCUT2D eigenvalue weighted by Gasteiger charge is -2.13. The fourth-order valence-electron chi connectivity index (χ4n) is 1.61. The molecule has 0 aromatic carbocycles. The van der Waals surface area contributed by atoms with Gasteiger partial charge in [0.05, 0.1) is 10.9 Å². The third kappa shape index (κ3) is 2.74. The Hall–Kier alpha value is -1.62. The highest BCUT2D eigenvalue weighted by Gasteiger charge is 2.16. The van der Waals surface area contributed by atoms with E-state index in [1.807, 2.05) is 31.4 Å². The highest BCUT2D eigenvalue weighted by atomic mass is 32.1. The molecule has 2 N–H and O–H groups in total. The Morgan fingerprint density at radius 3 is 3.00 bits per heavy atom. The van der Waals surface area contributed by atoms with Crippen LogP contribution in [0.4, 0.5) is 0 Å². The molecule has 17 heavy (non-hydrogen) atoms. The number of rotatable bonds is 4. The van der Waals surface area contributed by atoms with Crippen molar-refractivity contribution in [1.82, 2.24) is 15.3 Å². The van der Waals surface area contributed by atoms with Crippen LogP contribution in [-0.2, 0) is 0 Å². The van der Waals surface area contributed by atoms with Gasteiger partial charge >= 0.3 is 0 Å². The second-order valence-corrected chi connectivity index (χ2v) is 4.81. The molecular formula is C12H15N3OS. The molecular weight excluding hydrogens is 234 g/mol. The van der Waals surface area contributed by atoms with Gasteiger partial charge in [-0.2, -0.15) is 0 Å². The van der Waals surface area contributed by atoms with Crippen molar-refractivity contribution in [3.63, 3.8) is 0 Å². The van der Waals surface area contributed by atoms with Crippen LogP contribution >= 0.6 is 11.3 Å². The largest absolute Gasteiger partial charge is 0.344 e. The number of aromatic nitrogens is 2. The third-order valence-electron chi connectivity index (χ3n) is 2.51. The predicted octanol–water partition coefficient (Wildman–Crippen LogP) is 2.66. The van der Waals surface area contributed by atoms with E-state index < -0.39 is 0 Å². The Morgan fingerprint density at radius 1 is 1.65 bits per heavy atom. The molecule has 0 saturated heterocycles. The van der Waals surface area contributed by atoms with E-state index >= 15 is 0 Å². The molecule has 0 unspecified atom stereocenters. The Bertz CT molecular complexity index is 490. The van der Waals surface area contributed by atoms with Gasteiger partial charge < -0.3 is 10.3 Å². The summed E-state index contributed by atoms with van der Waals surface area (Å²) in [5.41, 5.74) is 1.00. The van der Waals surface area contributed by atoms with Crippen molar-refractivity contribution in [2.45, 2.75) is 26.3 Å². The van der Waals surface area contributed by atoms with Crippen LogP contribution in [0.5, 0.6) is 0 Å². The number of thiophene rings is 1. The summed E-state index contributed by atoms with van der Waals surface area (Å²) >= 11 is 1.44. The quantitative estimate of drug-likeness (QED) is 0.875. The van der Waals surface area contributed by atoms with E-state index in [0.717, 1.165) is 22.8 Å². The van der Waals surface area contributed by atoms with Crippen LogP contribution in [0, 0.1) is 6.92 Å². The molecule has 2 aromatic rings. The minimum atomic E-state index is -0.0571. The van der Waals surface area contributed by atoms with Gasteiger partial charge in [-0.3, -0.25) is 4.79 Å². The second kappa shape index (κ2) is 5.14. The topological polar surface area (TPSA) is 57.8 Å². The van der Waals surface area contributed by atoms with Crippen LogP contribution in [0.15, 0.2) is 23.7 Å². The molecule has 1 atom stereocenters. The van der Waals surface area contributed by atoms with Gasteiger partial charge in [0.2, 0.25) is 0 Å². The first-order valence-electron chi connectivity index (χ1n) is 5.56. The Balaban J connectivity index is 2.08. The lowest BCUT2D eigenvalue weighted by atomic mass is 10.2. The summed E-state index contributed by atoms with van der Waals surface area (Å²) < 4.78 is 0. The number of nitrogens with zero attached hydrogens (tertiary/aromatic N) is 1. The fraction of sp³-hybridized carbons (Fsp3) is 0.333. The van der Waals surface area contributed by atoms with Crippen molar-refractivity contribution in [3.05, 3.63) is 40.1 Å². The van der Waals surface area contributed by atoms with Crippen molar-refractivity contribution in [3.8, 4) is 0 Å². The number of imidazole rings is 1. The summed E-state index contributed by atoms with van der Waals surface area (Å²) in [4.78, 5) is 20.1. The summed E-state index contributed by atoms with van der Waals surface area (Å²) in [6.07, 6.45) is 2.58. The zero-order chi connectivity index (χ0) is 12.3. The highest BCUT2D eigenvalue weighted by molar-refractivity contribution is 7.12. The van der Waals surface area contributed by atoms with Crippen molar-refractivity contribution in [2.24, 2.45) is 0 Å². The maximum absolute atomic E-state index is 11.9. The monoisotopic (exact) mass is 249 g/mol. The summed E-state index contributed by atoms with van der Waals surface area (Å²) in [7, 11) is 0. The van der Waals surface area contributed by atoms with Gasteiger partial charge in [0.25, 0.3) is 5.91 Å². The number of H-pyrrole nitrogens is 1.